The molecule has 3 unspecified atom stereocenters. The van der Waals surface area contributed by atoms with E-state index in [1.807, 2.05) is 9.80 Å². The molecule has 0 aromatic heterocycles. The lowest BCUT2D eigenvalue weighted by Gasteiger charge is -2.37. The molecule has 0 N–H and O–H groups in total. The summed E-state index contributed by atoms with van der Waals surface area (Å²) in [5.74, 6) is 1.12. The van der Waals surface area contributed by atoms with Crippen molar-refractivity contribution in [1.82, 2.24) is 9.80 Å². The Labute approximate surface area is 115 Å². The fourth-order valence-electron chi connectivity index (χ4n) is 4.03. The van der Waals surface area contributed by atoms with Crippen LogP contribution in [0.5, 0.6) is 0 Å². The van der Waals surface area contributed by atoms with Gasteiger partial charge in [-0.1, -0.05) is 19.8 Å². The molecule has 4 nitrogen and oxygen atoms in total. The molecule has 1 aliphatic carbocycles. The van der Waals surface area contributed by atoms with Gasteiger partial charge in [-0.25, -0.2) is 0 Å². The maximum atomic E-state index is 12.7. The minimum absolute atomic E-state index is 0.146. The molecule has 2 amide bonds. The zero-order valence-electron chi connectivity index (χ0n) is 11.8. The van der Waals surface area contributed by atoms with Crippen LogP contribution in [0.1, 0.15) is 51.9 Å². The van der Waals surface area contributed by atoms with Crippen LogP contribution >= 0.6 is 0 Å². The monoisotopic (exact) mass is 264 g/mol. The third-order valence-electron chi connectivity index (χ3n) is 5.06. The molecule has 2 heterocycles. The highest BCUT2D eigenvalue weighted by Gasteiger charge is 2.41. The van der Waals surface area contributed by atoms with E-state index in [-0.39, 0.29) is 17.9 Å². The van der Waals surface area contributed by atoms with E-state index in [2.05, 4.69) is 6.92 Å². The van der Waals surface area contributed by atoms with Crippen molar-refractivity contribution in [3.8, 4) is 0 Å². The first-order valence-corrected chi connectivity index (χ1v) is 7.77. The SMILES string of the molecule is CC1CCCC(N2CCC(=O)N3CCCC3C2=O)C1. The van der Waals surface area contributed by atoms with Crippen LogP contribution in [0.25, 0.3) is 0 Å². The Kier molecular flexibility index (Phi) is 3.50. The lowest BCUT2D eigenvalue weighted by atomic mass is 9.86. The summed E-state index contributed by atoms with van der Waals surface area (Å²) in [5, 5.41) is 0. The summed E-state index contributed by atoms with van der Waals surface area (Å²) in [6, 6.07) is 0.233. The van der Waals surface area contributed by atoms with Gasteiger partial charge in [0.1, 0.15) is 6.04 Å². The van der Waals surface area contributed by atoms with Crippen molar-refractivity contribution < 1.29 is 9.59 Å². The highest BCUT2D eigenvalue weighted by atomic mass is 16.2. The first-order chi connectivity index (χ1) is 9.16. The van der Waals surface area contributed by atoms with Crippen LogP contribution in [0.4, 0.5) is 0 Å². The average Bonchev–Trinajstić information content (AvgIpc) is 2.84. The Hall–Kier alpha value is -1.06. The average molecular weight is 264 g/mol. The maximum Gasteiger partial charge on any atom is 0.245 e. The normalized spacial score (nSPS) is 36.4. The second kappa shape index (κ2) is 5.14. The fraction of sp³-hybridized carbons (Fsp3) is 0.867. The predicted molar refractivity (Wildman–Crippen MR) is 72.5 cm³/mol. The summed E-state index contributed by atoms with van der Waals surface area (Å²) in [4.78, 5) is 28.7. The lowest BCUT2D eigenvalue weighted by molar-refractivity contribution is -0.141. The largest absolute Gasteiger partial charge is 0.337 e. The zero-order chi connectivity index (χ0) is 13.4. The molecule has 0 radical (unpaired) electrons. The van der Waals surface area contributed by atoms with E-state index in [0.29, 0.717) is 24.9 Å². The summed E-state index contributed by atoms with van der Waals surface area (Å²) >= 11 is 0. The highest BCUT2D eigenvalue weighted by Crippen LogP contribution is 2.31. The number of nitrogens with zero attached hydrogens (tertiary/aromatic N) is 2. The van der Waals surface area contributed by atoms with E-state index in [9.17, 15) is 9.59 Å². The van der Waals surface area contributed by atoms with E-state index < -0.39 is 0 Å². The third-order valence-corrected chi connectivity index (χ3v) is 5.06. The van der Waals surface area contributed by atoms with E-state index in [0.717, 1.165) is 32.2 Å². The van der Waals surface area contributed by atoms with Crippen LogP contribution in [0, 0.1) is 5.92 Å². The molecular weight excluding hydrogens is 240 g/mol. The Morgan fingerprint density at radius 3 is 2.63 bits per heavy atom. The molecule has 3 rings (SSSR count). The van der Waals surface area contributed by atoms with Gasteiger partial charge < -0.3 is 9.80 Å². The van der Waals surface area contributed by atoms with Crippen LogP contribution in [-0.4, -0.2) is 46.8 Å². The molecule has 0 aromatic carbocycles. The number of amides is 2. The molecule has 2 aliphatic heterocycles. The van der Waals surface area contributed by atoms with Crippen LogP contribution in [0.15, 0.2) is 0 Å². The summed E-state index contributed by atoms with van der Waals surface area (Å²) in [7, 11) is 0. The van der Waals surface area contributed by atoms with Crippen molar-refractivity contribution in [3.63, 3.8) is 0 Å². The molecule has 0 bridgehead atoms. The quantitative estimate of drug-likeness (QED) is 0.724. The minimum atomic E-state index is -0.146. The zero-order valence-corrected chi connectivity index (χ0v) is 11.8. The topological polar surface area (TPSA) is 40.6 Å². The molecule has 3 aliphatic rings. The number of carbonyl (C=O) groups excluding carboxylic acids is 2. The van der Waals surface area contributed by atoms with Gasteiger partial charge in [0.25, 0.3) is 0 Å². The fourth-order valence-corrected chi connectivity index (χ4v) is 4.03. The molecule has 106 valence electrons. The van der Waals surface area contributed by atoms with Gasteiger partial charge in [0.2, 0.25) is 11.8 Å². The van der Waals surface area contributed by atoms with E-state index in [1.54, 1.807) is 0 Å². The first-order valence-electron chi connectivity index (χ1n) is 7.77. The third kappa shape index (κ3) is 2.37. The van der Waals surface area contributed by atoms with Crippen molar-refractivity contribution in [1.29, 1.82) is 0 Å². The number of hydrogen-bond acceptors (Lipinski definition) is 2. The Morgan fingerprint density at radius 2 is 1.84 bits per heavy atom. The van der Waals surface area contributed by atoms with Gasteiger partial charge >= 0.3 is 0 Å². The molecule has 3 atom stereocenters. The second-order valence-electron chi connectivity index (χ2n) is 6.45. The number of carbonyl (C=O) groups is 2. The predicted octanol–water partition coefficient (Wildman–Crippen LogP) is 1.79. The van der Waals surface area contributed by atoms with E-state index >= 15 is 0 Å². The van der Waals surface area contributed by atoms with Crippen LogP contribution < -0.4 is 0 Å². The van der Waals surface area contributed by atoms with Crippen molar-refractivity contribution in [2.24, 2.45) is 5.92 Å². The van der Waals surface area contributed by atoms with Crippen LogP contribution in [0.2, 0.25) is 0 Å². The lowest BCUT2D eigenvalue weighted by Crippen LogP contribution is -2.48. The summed E-state index contributed by atoms with van der Waals surface area (Å²) in [6.07, 6.45) is 7.11. The van der Waals surface area contributed by atoms with Crippen LogP contribution in [0.3, 0.4) is 0 Å². The number of hydrogen-bond donors (Lipinski definition) is 0. The Balaban J connectivity index is 1.77. The summed E-state index contributed by atoms with van der Waals surface area (Å²) in [6.45, 7) is 3.70. The molecule has 1 saturated carbocycles. The maximum absolute atomic E-state index is 12.7. The summed E-state index contributed by atoms with van der Waals surface area (Å²) in [5.41, 5.74) is 0. The summed E-state index contributed by atoms with van der Waals surface area (Å²) < 4.78 is 0. The minimum Gasteiger partial charge on any atom is -0.337 e. The molecule has 0 aromatic rings. The molecule has 0 spiro atoms. The smallest absolute Gasteiger partial charge is 0.245 e. The second-order valence-corrected chi connectivity index (χ2v) is 6.45. The van der Waals surface area contributed by atoms with Gasteiger partial charge in [-0.15, -0.1) is 0 Å². The van der Waals surface area contributed by atoms with E-state index in [1.165, 1.54) is 12.8 Å². The molecule has 3 fully saturated rings. The van der Waals surface area contributed by atoms with E-state index in [4.69, 9.17) is 0 Å². The number of rotatable bonds is 1. The highest BCUT2D eigenvalue weighted by molar-refractivity contribution is 5.90. The van der Waals surface area contributed by atoms with Gasteiger partial charge in [0.15, 0.2) is 0 Å². The van der Waals surface area contributed by atoms with Gasteiger partial charge in [0.05, 0.1) is 0 Å². The van der Waals surface area contributed by atoms with Crippen molar-refractivity contribution in [2.45, 2.75) is 64.0 Å². The van der Waals surface area contributed by atoms with Crippen molar-refractivity contribution >= 4 is 11.8 Å². The van der Waals surface area contributed by atoms with Crippen LogP contribution in [-0.2, 0) is 9.59 Å². The molecule has 2 saturated heterocycles. The molecule has 19 heavy (non-hydrogen) atoms. The van der Waals surface area contributed by atoms with Gasteiger partial charge in [-0.05, 0) is 31.6 Å². The Bertz CT molecular complexity index is 382. The van der Waals surface area contributed by atoms with Crippen molar-refractivity contribution in [3.05, 3.63) is 0 Å². The standard InChI is InChI=1S/C15H24N2O2/c1-11-4-2-5-12(10-11)16-9-7-14(18)17-8-3-6-13(17)15(16)19/h11-13H,2-10H2,1H3. The number of fused-ring (bicyclic) bond motifs is 1. The Morgan fingerprint density at radius 1 is 1.00 bits per heavy atom. The van der Waals surface area contributed by atoms with Gasteiger partial charge in [-0.2, -0.15) is 0 Å². The molecular formula is C15H24N2O2. The first kappa shape index (κ1) is 12.9. The van der Waals surface area contributed by atoms with Gasteiger partial charge in [-0.3, -0.25) is 9.59 Å². The molecule has 4 heteroatoms. The van der Waals surface area contributed by atoms with Gasteiger partial charge in [0, 0.05) is 25.6 Å². The van der Waals surface area contributed by atoms with Crippen molar-refractivity contribution in [2.75, 3.05) is 13.1 Å².